The highest BCUT2D eigenvalue weighted by Crippen LogP contribution is 2.42. The number of amides is 1. The molecule has 1 rings (SSSR count). The van der Waals surface area contributed by atoms with Gasteiger partial charge in [0.15, 0.2) is 0 Å². The second kappa shape index (κ2) is 8.20. The molecule has 0 unspecified atom stereocenters. The first kappa shape index (κ1) is 20.0. The second-order valence-electron chi connectivity index (χ2n) is 4.31. The van der Waals surface area contributed by atoms with Crippen molar-refractivity contribution in [2.24, 2.45) is 0 Å². The van der Waals surface area contributed by atoms with Crippen LogP contribution in [0.5, 0.6) is 0 Å². The monoisotopic (exact) mass is 565 g/mol. The van der Waals surface area contributed by atoms with E-state index >= 15 is 0 Å². The van der Waals surface area contributed by atoms with E-state index in [1.165, 1.54) is 6.92 Å². The summed E-state index contributed by atoms with van der Waals surface area (Å²) in [5.74, 6) is -2.04. The van der Waals surface area contributed by atoms with Gasteiger partial charge in [0.05, 0.1) is 29.9 Å². The summed E-state index contributed by atoms with van der Waals surface area (Å²) in [5, 5.41) is 30.4. The van der Waals surface area contributed by atoms with Crippen LogP contribution >= 0.6 is 63.7 Å². The molecule has 0 aliphatic heterocycles. The first-order valence-corrected chi connectivity index (χ1v) is 8.99. The predicted molar refractivity (Wildman–Crippen MR) is 94.2 cm³/mol. The molecule has 0 aromatic heterocycles. The van der Waals surface area contributed by atoms with Crippen molar-refractivity contribution in [3.63, 3.8) is 0 Å². The van der Waals surface area contributed by atoms with Crippen LogP contribution in [0.25, 0.3) is 0 Å². The molecule has 0 aliphatic carbocycles. The lowest BCUT2D eigenvalue weighted by Gasteiger charge is -2.21. The molecule has 2 atom stereocenters. The van der Waals surface area contributed by atoms with E-state index in [1.807, 2.05) is 0 Å². The first-order chi connectivity index (χ1) is 10.1. The Hall–Kier alpha value is -0.000000000000000222. The molecule has 6 nitrogen and oxygen atoms in total. The van der Waals surface area contributed by atoms with Crippen molar-refractivity contribution in [1.82, 2.24) is 5.32 Å². The summed E-state index contributed by atoms with van der Waals surface area (Å²) in [6, 6.07) is -0.915. The van der Waals surface area contributed by atoms with E-state index in [4.69, 9.17) is 5.11 Å². The number of hydrogen-bond donors (Lipinski definition) is 4. The zero-order valence-electron chi connectivity index (χ0n) is 11.0. The molecular weight excluding hydrogens is 558 g/mol. The minimum atomic E-state index is -1.30. The summed E-state index contributed by atoms with van der Waals surface area (Å²) in [4.78, 5) is 23.9. The van der Waals surface area contributed by atoms with Gasteiger partial charge in [-0.2, -0.15) is 0 Å². The second-order valence-corrected chi connectivity index (χ2v) is 7.49. The van der Waals surface area contributed by atoms with E-state index in [0.29, 0.717) is 8.95 Å². The molecule has 0 saturated carbocycles. The maximum atomic E-state index is 12.4. The molecule has 0 spiro atoms. The topological polar surface area (TPSA) is 107 Å². The Bertz CT molecular complexity index is 620. The van der Waals surface area contributed by atoms with Crippen molar-refractivity contribution in [3.05, 3.63) is 29.0 Å². The number of hydrogen-bond acceptors (Lipinski definition) is 4. The van der Waals surface area contributed by atoms with Crippen molar-refractivity contribution in [1.29, 1.82) is 0 Å². The van der Waals surface area contributed by atoms with Crippen LogP contribution in [0.1, 0.15) is 27.6 Å². The molecular formula is C12H11Br4NO5. The Morgan fingerprint density at radius 2 is 1.50 bits per heavy atom. The number of halogens is 4. The first-order valence-electron chi connectivity index (χ1n) is 5.82. The molecule has 4 N–H and O–H groups in total. The van der Waals surface area contributed by atoms with Crippen LogP contribution in [-0.2, 0) is 0 Å². The SMILES string of the molecule is C[C@@H](O)[C@@H](CO)NC(=O)c1c(Br)c(Br)c(Br)c(Br)c1C(=O)O. The number of nitrogens with one attached hydrogen (secondary N) is 1. The number of benzene rings is 1. The molecule has 1 aromatic carbocycles. The van der Waals surface area contributed by atoms with Crippen LogP contribution in [0.15, 0.2) is 17.9 Å². The van der Waals surface area contributed by atoms with Crippen molar-refractivity contribution < 1.29 is 24.9 Å². The minimum absolute atomic E-state index is 0.131. The Labute approximate surface area is 159 Å². The van der Waals surface area contributed by atoms with Gasteiger partial charge in [-0.05, 0) is 70.6 Å². The van der Waals surface area contributed by atoms with E-state index < -0.39 is 30.6 Å². The maximum absolute atomic E-state index is 12.4. The van der Waals surface area contributed by atoms with Crippen molar-refractivity contribution in [2.75, 3.05) is 6.61 Å². The Balaban J connectivity index is 3.46. The highest BCUT2D eigenvalue weighted by molar-refractivity contribution is 9.15. The molecule has 22 heavy (non-hydrogen) atoms. The third-order valence-corrected chi connectivity index (χ3v) is 7.57. The average Bonchev–Trinajstić information content (AvgIpc) is 2.44. The van der Waals surface area contributed by atoms with Gasteiger partial charge in [0.1, 0.15) is 0 Å². The number of carbonyl (C=O) groups excluding carboxylic acids is 1. The lowest BCUT2D eigenvalue weighted by atomic mass is 10.1. The van der Waals surface area contributed by atoms with Crippen LogP contribution in [-0.4, -0.2) is 45.9 Å². The zero-order valence-corrected chi connectivity index (χ0v) is 17.4. The van der Waals surface area contributed by atoms with E-state index in [1.54, 1.807) is 0 Å². The zero-order chi connectivity index (χ0) is 17.2. The fourth-order valence-electron chi connectivity index (χ4n) is 1.61. The molecule has 0 fully saturated rings. The fraction of sp³-hybridized carbons (Fsp3) is 0.333. The third-order valence-electron chi connectivity index (χ3n) is 2.80. The van der Waals surface area contributed by atoms with Crippen LogP contribution in [0.2, 0.25) is 0 Å². The predicted octanol–water partition coefficient (Wildman–Crippen LogP) is 2.91. The summed E-state index contributed by atoms with van der Waals surface area (Å²) >= 11 is 12.8. The van der Waals surface area contributed by atoms with Crippen LogP contribution < -0.4 is 5.32 Å². The molecule has 1 amide bonds. The van der Waals surface area contributed by atoms with E-state index in [2.05, 4.69) is 69.0 Å². The van der Waals surface area contributed by atoms with Gasteiger partial charge in [0.25, 0.3) is 5.91 Å². The number of rotatable bonds is 5. The smallest absolute Gasteiger partial charge is 0.337 e. The molecule has 0 bridgehead atoms. The van der Waals surface area contributed by atoms with Gasteiger partial charge in [0, 0.05) is 17.9 Å². The summed E-state index contributed by atoms with van der Waals surface area (Å²) in [6.07, 6.45) is -0.997. The third kappa shape index (κ3) is 4.09. The van der Waals surface area contributed by atoms with E-state index in [-0.39, 0.29) is 20.1 Å². The number of carboxylic acids is 1. The lowest BCUT2D eigenvalue weighted by molar-refractivity contribution is 0.0681. The molecule has 0 saturated heterocycles. The molecule has 0 heterocycles. The quantitative estimate of drug-likeness (QED) is 0.323. The summed E-state index contributed by atoms with van der Waals surface area (Å²) in [5.41, 5.74) is -0.379. The highest BCUT2D eigenvalue weighted by Gasteiger charge is 2.29. The summed E-state index contributed by atoms with van der Waals surface area (Å²) in [7, 11) is 0. The molecule has 10 heteroatoms. The van der Waals surface area contributed by atoms with Crippen molar-refractivity contribution in [3.8, 4) is 0 Å². The van der Waals surface area contributed by atoms with Crippen LogP contribution in [0.4, 0.5) is 0 Å². The number of carbonyl (C=O) groups is 2. The van der Waals surface area contributed by atoms with Gasteiger partial charge in [-0.1, -0.05) is 0 Å². The number of carboxylic acid groups (broad SMARTS) is 1. The van der Waals surface area contributed by atoms with E-state index in [9.17, 15) is 19.8 Å². The van der Waals surface area contributed by atoms with Gasteiger partial charge in [-0.15, -0.1) is 0 Å². The van der Waals surface area contributed by atoms with Crippen molar-refractivity contribution in [2.45, 2.75) is 19.1 Å². The standard InChI is InChI=1S/C12H11Br4NO5/c1-3(19)4(2-18)17-11(20)5-6(12(21)22)8(14)10(16)9(15)7(5)13/h3-4,18-19H,2H2,1H3,(H,17,20)(H,21,22)/t3-,4-/m1/s1. The molecule has 122 valence electrons. The Kier molecular flexibility index (Phi) is 7.47. The molecule has 1 aromatic rings. The van der Waals surface area contributed by atoms with Gasteiger partial charge in [0.2, 0.25) is 0 Å². The maximum Gasteiger partial charge on any atom is 0.337 e. The summed E-state index contributed by atoms with van der Waals surface area (Å²) < 4.78 is 1.31. The van der Waals surface area contributed by atoms with Crippen LogP contribution in [0.3, 0.4) is 0 Å². The summed E-state index contributed by atoms with van der Waals surface area (Å²) in [6.45, 7) is 0.921. The van der Waals surface area contributed by atoms with Gasteiger partial charge in [-0.25, -0.2) is 4.79 Å². The molecule has 0 aliphatic rings. The van der Waals surface area contributed by atoms with Crippen molar-refractivity contribution >= 4 is 75.6 Å². The minimum Gasteiger partial charge on any atom is -0.478 e. The Morgan fingerprint density at radius 3 is 1.86 bits per heavy atom. The number of aromatic carboxylic acids is 1. The van der Waals surface area contributed by atoms with Gasteiger partial charge < -0.3 is 20.6 Å². The fourth-order valence-corrected chi connectivity index (χ4v) is 4.07. The van der Waals surface area contributed by atoms with Gasteiger partial charge in [-0.3, -0.25) is 4.79 Å². The number of aliphatic hydroxyl groups excluding tert-OH is 2. The number of aliphatic hydroxyl groups is 2. The van der Waals surface area contributed by atoms with E-state index in [0.717, 1.165) is 0 Å². The normalized spacial score (nSPS) is 13.6. The average molecular weight is 569 g/mol. The Morgan fingerprint density at radius 1 is 1.05 bits per heavy atom. The lowest BCUT2D eigenvalue weighted by Crippen LogP contribution is -2.45. The largest absolute Gasteiger partial charge is 0.478 e. The van der Waals surface area contributed by atoms with Crippen LogP contribution in [0, 0.1) is 0 Å². The van der Waals surface area contributed by atoms with Gasteiger partial charge >= 0.3 is 5.97 Å². The highest BCUT2D eigenvalue weighted by atomic mass is 79.9. The molecule has 0 radical (unpaired) electrons.